The van der Waals surface area contributed by atoms with Gasteiger partial charge in [-0.05, 0) is 31.0 Å². The molecule has 0 saturated heterocycles. The van der Waals surface area contributed by atoms with Crippen molar-refractivity contribution < 1.29 is 23.0 Å². The van der Waals surface area contributed by atoms with Crippen molar-refractivity contribution in [1.29, 1.82) is 0 Å². The highest BCUT2D eigenvalue weighted by Gasteiger charge is 2.39. The summed E-state index contributed by atoms with van der Waals surface area (Å²) in [5, 5.41) is 9.87. The Morgan fingerprint density at radius 3 is 2.21 bits per heavy atom. The monoisotopic (exact) mass is 276 g/mol. The summed E-state index contributed by atoms with van der Waals surface area (Å²) < 4.78 is 42.4. The average molecular weight is 276 g/mol. The average Bonchev–Trinajstić information content (AvgIpc) is 2.27. The molecule has 0 aliphatic carbocycles. The van der Waals surface area contributed by atoms with Crippen LogP contribution in [0, 0.1) is 0 Å². The van der Waals surface area contributed by atoms with Crippen molar-refractivity contribution in [2.45, 2.75) is 44.9 Å². The molecule has 19 heavy (non-hydrogen) atoms. The molecule has 0 saturated carbocycles. The van der Waals surface area contributed by atoms with Crippen molar-refractivity contribution in [3.63, 3.8) is 0 Å². The SMILES string of the molecule is CCCCOc1ccc(C(C)(O)CC(F)(F)F)cc1. The third-order valence-electron chi connectivity index (χ3n) is 2.79. The Bertz CT molecular complexity index is 383. The van der Waals surface area contributed by atoms with Crippen LogP contribution in [0.1, 0.15) is 38.7 Å². The van der Waals surface area contributed by atoms with Gasteiger partial charge in [-0.2, -0.15) is 13.2 Å². The molecule has 0 radical (unpaired) electrons. The van der Waals surface area contributed by atoms with Crippen LogP contribution in [0.25, 0.3) is 0 Å². The Labute approximate surface area is 111 Å². The summed E-state index contributed by atoms with van der Waals surface area (Å²) in [6, 6.07) is 6.09. The summed E-state index contributed by atoms with van der Waals surface area (Å²) in [5.74, 6) is 0.597. The maximum absolute atomic E-state index is 12.3. The van der Waals surface area contributed by atoms with Crippen molar-refractivity contribution in [1.82, 2.24) is 0 Å². The number of halogens is 3. The first-order valence-electron chi connectivity index (χ1n) is 6.27. The van der Waals surface area contributed by atoms with E-state index in [1.807, 2.05) is 6.92 Å². The smallest absolute Gasteiger partial charge is 0.392 e. The van der Waals surface area contributed by atoms with Gasteiger partial charge in [-0.1, -0.05) is 25.5 Å². The first kappa shape index (κ1) is 15.8. The fourth-order valence-corrected chi connectivity index (χ4v) is 1.74. The summed E-state index contributed by atoms with van der Waals surface area (Å²) in [6.45, 7) is 3.78. The van der Waals surface area contributed by atoms with Crippen LogP contribution in [0.15, 0.2) is 24.3 Å². The van der Waals surface area contributed by atoms with Gasteiger partial charge in [0.2, 0.25) is 0 Å². The molecular weight excluding hydrogens is 257 g/mol. The van der Waals surface area contributed by atoms with Crippen LogP contribution in [-0.2, 0) is 5.60 Å². The predicted octanol–water partition coefficient (Wildman–Crippen LogP) is 4.03. The molecule has 0 fully saturated rings. The molecule has 0 aliphatic heterocycles. The highest BCUT2D eigenvalue weighted by molar-refractivity contribution is 5.30. The zero-order valence-corrected chi connectivity index (χ0v) is 11.1. The zero-order chi connectivity index (χ0) is 14.5. The van der Waals surface area contributed by atoms with E-state index in [1.165, 1.54) is 12.1 Å². The molecule has 1 N–H and O–H groups in total. The second-order valence-electron chi connectivity index (χ2n) is 4.79. The molecular formula is C14H19F3O2. The lowest BCUT2D eigenvalue weighted by Crippen LogP contribution is -2.28. The van der Waals surface area contributed by atoms with Crippen LogP contribution >= 0.6 is 0 Å². The highest BCUT2D eigenvalue weighted by atomic mass is 19.4. The van der Waals surface area contributed by atoms with Crippen molar-refractivity contribution >= 4 is 0 Å². The van der Waals surface area contributed by atoms with Gasteiger partial charge in [0, 0.05) is 0 Å². The van der Waals surface area contributed by atoms with Gasteiger partial charge in [-0.25, -0.2) is 0 Å². The molecule has 0 heterocycles. The van der Waals surface area contributed by atoms with Gasteiger partial charge >= 0.3 is 6.18 Å². The number of benzene rings is 1. The van der Waals surface area contributed by atoms with Gasteiger partial charge < -0.3 is 9.84 Å². The summed E-state index contributed by atoms with van der Waals surface area (Å²) in [7, 11) is 0. The second-order valence-corrected chi connectivity index (χ2v) is 4.79. The fourth-order valence-electron chi connectivity index (χ4n) is 1.74. The van der Waals surface area contributed by atoms with Crippen molar-refractivity contribution in [3.05, 3.63) is 29.8 Å². The number of rotatable bonds is 6. The first-order valence-corrected chi connectivity index (χ1v) is 6.27. The molecule has 5 heteroatoms. The molecule has 0 aliphatic rings. The van der Waals surface area contributed by atoms with Gasteiger partial charge in [-0.15, -0.1) is 0 Å². The molecule has 0 bridgehead atoms. The van der Waals surface area contributed by atoms with Gasteiger partial charge in [0.05, 0.1) is 18.6 Å². The summed E-state index contributed by atoms with van der Waals surface area (Å²) in [5.41, 5.74) is -1.69. The molecule has 108 valence electrons. The Morgan fingerprint density at radius 2 is 1.74 bits per heavy atom. The zero-order valence-electron chi connectivity index (χ0n) is 11.1. The van der Waals surface area contributed by atoms with Gasteiger partial charge in [-0.3, -0.25) is 0 Å². The topological polar surface area (TPSA) is 29.5 Å². The fraction of sp³-hybridized carbons (Fsp3) is 0.571. The lowest BCUT2D eigenvalue weighted by atomic mass is 9.92. The Hall–Kier alpha value is -1.23. The van der Waals surface area contributed by atoms with Crippen LogP contribution < -0.4 is 4.74 Å². The normalized spacial score (nSPS) is 15.1. The predicted molar refractivity (Wildman–Crippen MR) is 67.1 cm³/mol. The van der Waals surface area contributed by atoms with E-state index in [9.17, 15) is 18.3 Å². The van der Waals surface area contributed by atoms with Crippen LogP contribution in [0.5, 0.6) is 5.75 Å². The third kappa shape index (κ3) is 5.51. The number of alkyl halides is 3. The van der Waals surface area contributed by atoms with E-state index < -0.39 is 18.2 Å². The summed E-state index contributed by atoms with van der Waals surface area (Å²) in [6.07, 6.45) is -3.73. The van der Waals surface area contributed by atoms with Crippen LogP contribution in [0.4, 0.5) is 13.2 Å². The van der Waals surface area contributed by atoms with Gasteiger partial charge in [0.1, 0.15) is 5.75 Å². The maximum atomic E-state index is 12.3. The Morgan fingerprint density at radius 1 is 1.16 bits per heavy atom. The molecule has 0 aromatic heterocycles. The number of ether oxygens (including phenoxy) is 1. The molecule has 1 aromatic carbocycles. The number of aliphatic hydroxyl groups is 1. The van der Waals surface area contributed by atoms with E-state index >= 15 is 0 Å². The summed E-state index contributed by atoms with van der Waals surface area (Å²) >= 11 is 0. The third-order valence-corrected chi connectivity index (χ3v) is 2.79. The first-order chi connectivity index (χ1) is 8.74. The molecule has 1 unspecified atom stereocenters. The van der Waals surface area contributed by atoms with Crippen LogP contribution in [0.2, 0.25) is 0 Å². The molecule has 0 spiro atoms. The quantitative estimate of drug-likeness (QED) is 0.795. The lowest BCUT2D eigenvalue weighted by Gasteiger charge is -2.25. The molecule has 1 aromatic rings. The summed E-state index contributed by atoms with van der Waals surface area (Å²) in [4.78, 5) is 0. The minimum absolute atomic E-state index is 0.229. The molecule has 2 nitrogen and oxygen atoms in total. The largest absolute Gasteiger partial charge is 0.494 e. The number of unbranched alkanes of at least 4 members (excludes halogenated alkanes) is 1. The second kappa shape index (κ2) is 6.28. The van der Waals surface area contributed by atoms with Gasteiger partial charge in [0.25, 0.3) is 0 Å². The van der Waals surface area contributed by atoms with Crippen molar-refractivity contribution in [2.24, 2.45) is 0 Å². The maximum Gasteiger partial charge on any atom is 0.392 e. The van der Waals surface area contributed by atoms with E-state index in [-0.39, 0.29) is 5.56 Å². The lowest BCUT2D eigenvalue weighted by molar-refractivity contribution is -0.174. The van der Waals surface area contributed by atoms with E-state index in [0.29, 0.717) is 12.4 Å². The highest BCUT2D eigenvalue weighted by Crippen LogP contribution is 2.34. The Balaban J connectivity index is 2.69. The molecule has 1 atom stereocenters. The van der Waals surface area contributed by atoms with Crippen LogP contribution in [0.3, 0.4) is 0 Å². The van der Waals surface area contributed by atoms with Gasteiger partial charge in [0.15, 0.2) is 0 Å². The minimum atomic E-state index is -4.40. The van der Waals surface area contributed by atoms with Crippen LogP contribution in [-0.4, -0.2) is 17.9 Å². The van der Waals surface area contributed by atoms with E-state index in [0.717, 1.165) is 19.8 Å². The molecule has 1 rings (SSSR count). The van der Waals surface area contributed by atoms with E-state index in [1.54, 1.807) is 12.1 Å². The number of hydrogen-bond acceptors (Lipinski definition) is 2. The Kier molecular flexibility index (Phi) is 5.23. The van der Waals surface area contributed by atoms with E-state index in [2.05, 4.69) is 0 Å². The molecule has 0 amide bonds. The minimum Gasteiger partial charge on any atom is -0.494 e. The van der Waals surface area contributed by atoms with E-state index in [4.69, 9.17) is 4.74 Å². The standard InChI is InChI=1S/C14H19F3O2/c1-3-4-9-19-12-7-5-11(6-8-12)13(2,18)10-14(15,16)17/h5-8,18H,3-4,9-10H2,1-2H3. The number of hydrogen-bond donors (Lipinski definition) is 1. The van der Waals surface area contributed by atoms with Crippen molar-refractivity contribution in [3.8, 4) is 5.75 Å². The van der Waals surface area contributed by atoms with Crippen molar-refractivity contribution in [2.75, 3.05) is 6.61 Å².